The van der Waals surface area contributed by atoms with E-state index in [1.165, 1.54) is 11.1 Å². The lowest BCUT2D eigenvalue weighted by molar-refractivity contribution is -0.0947. The van der Waals surface area contributed by atoms with Gasteiger partial charge in [-0.1, -0.05) is 12.1 Å². The number of carbonyl (C=O) groups excluding carboxylic acids is 1. The van der Waals surface area contributed by atoms with Gasteiger partial charge in [0.2, 0.25) is 0 Å². The highest BCUT2D eigenvalue weighted by Crippen LogP contribution is 2.46. The summed E-state index contributed by atoms with van der Waals surface area (Å²) < 4.78 is 12.0. The Hall–Kier alpha value is -2.34. The highest BCUT2D eigenvalue weighted by molar-refractivity contribution is 5.94. The quantitative estimate of drug-likeness (QED) is 0.886. The number of likely N-dealkylation sites (tertiary alicyclic amines) is 1. The predicted molar refractivity (Wildman–Crippen MR) is 100 cm³/mol. The molecule has 6 nitrogen and oxygen atoms in total. The van der Waals surface area contributed by atoms with E-state index in [0.717, 1.165) is 62.1 Å². The molecule has 1 amide bonds. The van der Waals surface area contributed by atoms with Crippen LogP contribution < -0.4 is 4.74 Å². The fraction of sp³-hybridized carbons (Fsp3) is 0.524. The summed E-state index contributed by atoms with van der Waals surface area (Å²) >= 11 is 0. The number of amides is 1. The molecule has 1 saturated heterocycles. The molecule has 5 rings (SSSR count). The van der Waals surface area contributed by atoms with E-state index in [9.17, 15) is 4.79 Å². The number of nitrogens with one attached hydrogen (secondary N) is 1. The van der Waals surface area contributed by atoms with Gasteiger partial charge in [-0.25, -0.2) is 0 Å². The average molecular weight is 367 g/mol. The molecule has 1 aromatic carbocycles. The van der Waals surface area contributed by atoms with E-state index in [1.807, 2.05) is 17.0 Å². The summed E-state index contributed by atoms with van der Waals surface area (Å²) in [6, 6.07) is 6.24. The third-order valence-corrected chi connectivity index (χ3v) is 6.41. The molecule has 2 aliphatic heterocycles. The van der Waals surface area contributed by atoms with Crippen molar-refractivity contribution in [2.75, 3.05) is 26.8 Å². The Bertz CT molecular complexity index is 867. The standard InChI is InChI=1S/C21H25N3O3/c1-26-17-7-2-4-14-8-13-27-21(18(14)17)9-11-24(12-10-21)20(25)19-15-5-3-6-16(15)22-23-19/h2,4,7H,3,5-6,8-13H2,1H3,(H,22,23). The molecule has 1 N–H and O–H groups in total. The smallest absolute Gasteiger partial charge is 0.274 e. The second-order valence-corrected chi connectivity index (χ2v) is 7.76. The van der Waals surface area contributed by atoms with Crippen molar-refractivity contribution in [3.63, 3.8) is 0 Å². The van der Waals surface area contributed by atoms with Gasteiger partial charge in [0.1, 0.15) is 11.4 Å². The van der Waals surface area contributed by atoms with Gasteiger partial charge >= 0.3 is 0 Å². The van der Waals surface area contributed by atoms with E-state index in [2.05, 4.69) is 16.3 Å². The van der Waals surface area contributed by atoms with Crippen molar-refractivity contribution in [3.8, 4) is 5.75 Å². The summed E-state index contributed by atoms with van der Waals surface area (Å²) in [7, 11) is 1.72. The largest absolute Gasteiger partial charge is 0.496 e. The van der Waals surface area contributed by atoms with Gasteiger partial charge in [0, 0.05) is 29.9 Å². The molecular formula is C21H25N3O3. The van der Waals surface area contributed by atoms with Crippen LogP contribution in [0, 0.1) is 0 Å². The number of hydrogen-bond donors (Lipinski definition) is 1. The molecule has 1 aliphatic carbocycles. The number of hydrogen-bond acceptors (Lipinski definition) is 4. The second kappa shape index (κ2) is 6.37. The van der Waals surface area contributed by atoms with E-state index < -0.39 is 0 Å². The Labute approximate surface area is 158 Å². The van der Waals surface area contributed by atoms with Gasteiger partial charge in [0.25, 0.3) is 5.91 Å². The van der Waals surface area contributed by atoms with E-state index in [0.29, 0.717) is 18.8 Å². The number of fused-ring (bicyclic) bond motifs is 3. The molecule has 0 bridgehead atoms. The van der Waals surface area contributed by atoms with Gasteiger partial charge in [-0.2, -0.15) is 5.10 Å². The van der Waals surface area contributed by atoms with Gasteiger partial charge in [-0.15, -0.1) is 0 Å². The summed E-state index contributed by atoms with van der Waals surface area (Å²) in [6.07, 6.45) is 5.56. The lowest BCUT2D eigenvalue weighted by Gasteiger charge is -2.45. The number of H-pyrrole nitrogens is 1. The molecule has 6 heteroatoms. The van der Waals surface area contributed by atoms with Crippen molar-refractivity contribution in [1.82, 2.24) is 15.1 Å². The van der Waals surface area contributed by atoms with E-state index in [4.69, 9.17) is 9.47 Å². The lowest BCUT2D eigenvalue weighted by atomic mass is 9.78. The molecule has 2 aromatic rings. The van der Waals surface area contributed by atoms with E-state index >= 15 is 0 Å². The number of carbonyl (C=O) groups is 1. The number of aromatic nitrogens is 2. The molecule has 0 unspecified atom stereocenters. The van der Waals surface area contributed by atoms with Crippen molar-refractivity contribution in [3.05, 3.63) is 46.3 Å². The van der Waals surface area contributed by atoms with Crippen molar-refractivity contribution in [2.45, 2.75) is 44.1 Å². The summed E-state index contributed by atoms with van der Waals surface area (Å²) in [5.74, 6) is 0.956. The molecule has 0 saturated carbocycles. The van der Waals surface area contributed by atoms with Crippen LogP contribution in [0.1, 0.15) is 52.1 Å². The first-order valence-electron chi connectivity index (χ1n) is 9.87. The highest BCUT2D eigenvalue weighted by atomic mass is 16.5. The van der Waals surface area contributed by atoms with Crippen molar-refractivity contribution in [2.24, 2.45) is 0 Å². The zero-order valence-electron chi connectivity index (χ0n) is 15.7. The zero-order chi connectivity index (χ0) is 18.4. The molecular weight excluding hydrogens is 342 g/mol. The second-order valence-electron chi connectivity index (χ2n) is 7.76. The maximum atomic E-state index is 13.0. The number of aromatic amines is 1. The van der Waals surface area contributed by atoms with Gasteiger partial charge < -0.3 is 14.4 Å². The first-order chi connectivity index (χ1) is 13.2. The van der Waals surface area contributed by atoms with Crippen LogP contribution in [0.15, 0.2) is 18.2 Å². The molecule has 3 aliphatic rings. The van der Waals surface area contributed by atoms with Crippen LogP contribution in [0.25, 0.3) is 0 Å². The van der Waals surface area contributed by atoms with E-state index in [1.54, 1.807) is 7.11 Å². The minimum Gasteiger partial charge on any atom is -0.496 e. The van der Waals surface area contributed by atoms with Crippen LogP contribution >= 0.6 is 0 Å². The molecule has 1 spiro atoms. The highest BCUT2D eigenvalue weighted by Gasteiger charge is 2.44. The Morgan fingerprint density at radius 1 is 1.26 bits per heavy atom. The average Bonchev–Trinajstić information content (AvgIpc) is 3.32. The Balaban J connectivity index is 1.39. The number of aryl methyl sites for hydroxylation is 1. The van der Waals surface area contributed by atoms with Crippen molar-refractivity contribution >= 4 is 5.91 Å². The van der Waals surface area contributed by atoms with Crippen LogP contribution in [-0.2, 0) is 29.6 Å². The Kier molecular flexibility index (Phi) is 3.97. The number of methoxy groups -OCH3 is 1. The van der Waals surface area contributed by atoms with Gasteiger partial charge in [-0.05, 0) is 50.2 Å². The Morgan fingerprint density at radius 2 is 2.11 bits per heavy atom. The van der Waals surface area contributed by atoms with Crippen molar-refractivity contribution in [1.29, 1.82) is 0 Å². The molecule has 3 heterocycles. The number of rotatable bonds is 2. The molecule has 142 valence electrons. The fourth-order valence-electron chi connectivity index (χ4n) is 5.01. The maximum Gasteiger partial charge on any atom is 0.274 e. The molecule has 0 atom stereocenters. The third kappa shape index (κ3) is 2.57. The SMILES string of the molecule is COc1cccc2c1C1(CCN(C(=O)c3n[nH]c4c3CCC4)CC1)OCC2. The van der Waals surface area contributed by atoms with Crippen LogP contribution in [-0.4, -0.2) is 47.8 Å². The van der Waals surface area contributed by atoms with Gasteiger partial charge in [0.05, 0.1) is 13.7 Å². The predicted octanol–water partition coefficient (Wildman–Crippen LogP) is 2.61. The van der Waals surface area contributed by atoms with E-state index in [-0.39, 0.29) is 11.5 Å². The summed E-state index contributed by atoms with van der Waals surface area (Å²) in [4.78, 5) is 15.0. The number of ether oxygens (including phenoxy) is 2. The maximum absolute atomic E-state index is 13.0. The minimum atomic E-state index is -0.343. The first kappa shape index (κ1) is 16.8. The monoisotopic (exact) mass is 367 g/mol. The molecule has 0 radical (unpaired) electrons. The first-order valence-corrected chi connectivity index (χ1v) is 9.87. The van der Waals surface area contributed by atoms with Crippen molar-refractivity contribution < 1.29 is 14.3 Å². The summed E-state index contributed by atoms with van der Waals surface area (Å²) in [5.41, 5.74) is 5.05. The Morgan fingerprint density at radius 3 is 2.93 bits per heavy atom. The fourth-order valence-corrected chi connectivity index (χ4v) is 5.01. The van der Waals surface area contributed by atoms with Crippen LogP contribution in [0.2, 0.25) is 0 Å². The summed E-state index contributed by atoms with van der Waals surface area (Å²) in [5, 5.41) is 7.37. The van der Waals surface area contributed by atoms with Gasteiger partial charge in [-0.3, -0.25) is 9.89 Å². The van der Waals surface area contributed by atoms with Crippen LogP contribution in [0.4, 0.5) is 0 Å². The topological polar surface area (TPSA) is 67.5 Å². The normalized spacial score (nSPS) is 20.4. The molecule has 1 aromatic heterocycles. The number of nitrogens with zero attached hydrogens (tertiary/aromatic N) is 2. The van der Waals surface area contributed by atoms with Crippen LogP contribution in [0.3, 0.4) is 0 Å². The number of piperidine rings is 1. The lowest BCUT2D eigenvalue weighted by Crippen LogP contribution is -2.48. The number of benzene rings is 1. The summed E-state index contributed by atoms with van der Waals surface area (Å²) in [6.45, 7) is 2.08. The van der Waals surface area contributed by atoms with Gasteiger partial charge in [0.15, 0.2) is 5.69 Å². The zero-order valence-corrected chi connectivity index (χ0v) is 15.7. The molecule has 1 fully saturated rings. The molecule has 27 heavy (non-hydrogen) atoms. The minimum absolute atomic E-state index is 0.0558. The third-order valence-electron chi connectivity index (χ3n) is 6.41. The van der Waals surface area contributed by atoms with Crippen LogP contribution in [0.5, 0.6) is 5.75 Å².